The molecular formula is C27H30F9N5O7. The third-order valence-electron chi connectivity index (χ3n) is 6.68. The maximum absolute atomic E-state index is 10.6. The number of nitrogens with zero attached hydrogens (tertiary/aromatic N) is 5. The Bertz CT molecular complexity index is 1430. The highest BCUT2D eigenvalue weighted by atomic mass is 19.4. The number of fused-ring (bicyclic) bond motifs is 1. The van der Waals surface area contributed by atoms with Gasteiger partial charge in [0, 0.05) is 38.9 Å². The topological polar surface area (TPSA) is 152 Å². The number of imidazole rings is 1. The first kappa shape index (κ1) is 39.6. The number of carboxylic acid groups (broad SMARTS) is 3. The molecule has 3 N–H and O–H groups in total. The molecule has 2 saturated heterocycles. The van der Waals surface area contributed by atoms with Crippen LogP contribution in [0.25, 0.3) is 5.65 Å². The molecule has 5 heterocycles. The minimum absolute atomic E-state index is 0.306. The molecule has 0 bridgehead atoms. The van der Waals surface area contributed by atoms with Crippen molar-refractivity contribution in [2.75, 3.05) is 44.7 Å². The Labute approximate surface area is 265 Å². The number of anilines is 1. The molecule has 0 amide bonds. The van der Waals surface area contributed by atoms with Gasteiger partial charge in [0.05, 0.1) is 24.5 Å². The number of likely N-dealkylation sites (N-methyl/N-ethyl adjacent to an activating group) is 1. The molecule has 2 aliphatic rings. The van der Waals surface area contributed by atoms with Crippen molar-refractivity contribution in [3.8, 4) is 0 Å². The number of aromatic nitrogens is 2. The lowest BCUT2D eigenvalue weighted by Gasteiger charge is -2.38. The Kier molecular flexibility index (Phi) is 13.7. The normalized spacial score (nSPS) is 17.4. The van der Waals surface area contributed by atoms with E-state index in [0.717, 1.165) is 56.4 Å². The number of halogens is 9. The SMILES string of the molecule is CN1CCN(Cc2ccco2)CC1c1cn2c(N3CCCC3)cccc2n1.O=C(O)C(F)(F)F.O=C(O)C(F)(F)F.O=C(O)C(F)(F)F. The van der Waals surface area contributed by atoms with Crippen LogP contribution in [0.3, 0.4) is 0 Å². The van der Waals surface area contributed by atoms with Gasteiger partial charge in [0.1, 0.15) is 17.2 Å². The molecule has 268 valence electrons. The molecule has 3 aromatic rings. The second kappa shape index (κ2) is 16.5. The van der Waals surface area contributed by atoms with E-state index in [4.69, 9.17) is 39.1 Å². The minimum Gasteiger partial charge on any atom is -0.475 e. The number of furan rings is 1. The smallest absolute Gasteiger partial charge is 0.475 e. The van der Waals surface area contributed by atoms with Gasteiger partial charge in [0.25, 0.3) is 0 Å². The Morgan fingerprint density at radius 3 is 1.79 bits per heavy atom. The predicted octanol–water partition coefficient (Wildman–Crippen LogP) is 4.92. The molecular weight excluding hydrogens is 677 g/mol. The minimum atomic E-state index is -5.08. The van der Waals surface area contributed by atoms with Gasteiger partial charge >= 0.3 is 36.4 Å². The van der Waals surface area contributed by atoms with Crippen LogP contribution in [0.4, 0.5) is 45.3 Å². The van der Waals surface area contributed by atoms with Crippen molar-refractivity contribution in [2.45, 2.75) is 44.0 Å². The summed E-state index contributed by atoms with van der Waals surface area (Å²) in [7, 11) is 2.21. The lowest BCUT2D eigenvalue weighted by molar-refractivity contribution is -0.193. The summed E-state index contributed by atoms with van der Waals surface area (Å²) in [6.45, 7) is 6.22. The van der Waals surface area contributed by atoms with Crippen LogP contribution in [-0.2, 0) is 20.9 Å². The number of piperazine rings is 1. The van der Waals surface area contributed by atoms with Gasteiger partial charge in [0.15, 0.2) is 0 Å². The van der Waals surface area contributed by atoms with Crippen LogP contribution >= 0.6 is 0 Å². The standard InChI is InChI=1S/C21H27N5O.3C2HF3O2/c1-23-11-12-24(14-17-6-5-13-27-17)16-19(23)18-15-26-20(22-18)7-4-8-21(26)25-9-2-3-10-25;3*3-2(4,5)1(6)7/h4-8,13,15,19H,2-3,9-12,14,16H2,1H3;3*(H,6,7). The van der Waals surface area contributed by atoms with E-state index < -0.39 is 36.4 Å². The van der Waals surface area contributed by atoms with Crippen molar-refractivity contribution in [1.82, 2.24) is 19.2 Å². The van der Waals surface area contributed by atoms with E-state index in [0.29, 0.717) is 6.04 Å². The first-order valence-corrected chi connectivity index (χ1v) is 13.7. The quantitative estimate of drug-likeness (QED) is 0.317. The molecule has 0 spiro atoms. The number of carboxylic acids is 3. The van der Waals surface area contributed by atoms with Crippen LogP contribution in [0, 0.1) is 0 Å². The fraction of sp³-hybridized carbons (Fsp3) is 0.481. The first-order chi connectivity index (χ1) is 22.1. The van der Waals surface area contributed by atoms with Crippen LogP contribution < -0.4 is 4.90 Å². The summed E-state index contributed by atoms with van der Waals surface area (Å²) in [4.78, 5) is 39.1. The van der Waals surface area contributed by atoms with Gasteiger partial charge in [-0.15, -0.1) is 0 Å². The van der Waals surface area contributed by atoms with Crippen molar-refractivity contribution in [2.24, 2.45) is 0 Å². The average Bonchev–Trinajstić information content (AvgIpc) is 3.76. The number of aliphatic carboxylic acids is 3. The summed E-state index contributed by atoms with van der Waals surface area (Å²) in [6, 6.07) is 10.8. The van der Waals surface area contributed by atoms with E-state index in [2.05, 4.69) is 56.6 Å². The van der Waals surface area contributed by atoms with Gasteiger partial charge in [-0.05, 0) is 44.2 Å². The number of hydrogen-bond acceptors (Lipinski definition) is 8. The highest BCUT2D eigenvalue weighted by molar-refractivity contribution is 5.73. The van der Waals surface area contributed by atoms with Gasteiger partial charge in [-0.2, -0.15) is 39.5 Å². The van der Waals surface area contributed by atoms with E-state index in [9.17, 15) is 39.5 Å². The number of hydrogen-bond donors (Lipinski definition) is 3. The third-order valence-corrected chi connectivity index (χ3v) is 6.68. The van der Waals surface area contributed by atoms with Gasteiger partial charge in [-0.1, -0.05) is 6.07 Å². The van der Waals surface area contributed by atoms with Gasteiger partial charge in [-0.3, -0.25) is 14.2 Å². The van der Waals surface area contributed by atoms with Crippen molar-refractivity contribution in [1.29, 1.82) is 0 Å². The first-order valence-electron chi connectivity index (χ1n) is 13.7. The monoisotopic (exact) mass is 707 g/mol. The van der Waals surface area contributed by atoms with Crippen LogP contribution in [0.5, 0.6) is 0 Å². The summed E-state index contributed by atoms with van der Waals surface area (Å²) in [5, 5.41) is 21.4. The van der Waals surface area contributed by atoms with Crippen LogP contribution in [0.1, 0.15) is 30.3 Å². The Morgan fingerprint density at radius 2 is 1.33 bits per heavy atom. The molecule has 12 nitrogen and oxygen atoms in total. The highest BCUT2D eigenvalue weighted by Crippen LogP contribution is 2.28. The predicted molar refractivity (Wildman–Crippen MR) is 147 cm³/mol. The lowest BCUT2D eigenvalue weighted by Crippen LogP contribution is -2.46. The molecule has 1 atom stereocenters. The number of alkyl halides is 9. The molecule has 2 aliphatic heterocycles. The molecule has 0 radical (unpaired) electrons. The molecule has 48 heavy (non-hydrogen) atoms. The van der Waals surface area contributed by atoms with Gasteiger partial charge < -0.3 is 24.6 Å². The molecule has 0 aliphatic carbocycles. The third kappa shape index (κ3) is 12.2. The summed E-state index contributed by atoms with van der Waals surface area (Å²) in [6.07, 6.45) is -8.68. The van der Waals surface area contributed by atoms with Crippen molar-refractivity contribution in [3.05, 3.63) is 54.2 Å². The fourth-order valence-corrected chi connectivity index (χ4v) is 4.40. The van der Waals surface area contributed by atoms with Gasteiger partial charge in [0.2, 0.25) is 0 Å². The molecule has 2 fully saturated rings. The van der Waals surface area contributed by atoms with E-state index in [-0.39, 0.29) is 0 Å². The maximum Gasteiger partial charge on any atom is 0.490 e. The molecule has 5 rings (SSSR count). The zero-order valence-electron chi connectivity index (χ0n) is 24.9. The van der Waals surface area contributed by atoms with Crippen molar-refractivity contribution >= 4 is 29.4 Å². The molecule has 21 heteroatoms. The van der Waals surface area contributed by atoms with Crippen molar-refractivity contribution < 1.29 is 73.6 Å². The molecule has 0 saturated carbocycles. The second-order valence-corrected chi connectivity index (χ2v) is 10.2. The highest BCUT2D eigenvalue weighted by Gasteiger charge is 2.39. The van der Waals surface area contributed by atoms with E-state index >= 15 is 0 Å². The fourth-order valence-electron chi connectivity index (χ4n) is 4.40. The summed E-state index contributed by atoms with van der Waals surface area (Å²) in [5.74, 6) is -5.97. The largest absolute Gasteiger partial charge is 0.490 e. The average molecular weight is 708 g/mol. The van der Waals surface area contributed by atoms with Gasteiger partial charge in [-0.25, -0.2) is 19.4 Å². The van der Waals surface area contributed by atoms with E-state index in [1.54, 1.807) is 6.26 Å². The van der Waals surface area contributed by atoms with Crippen LogP contribution in [0.2, 0.25) is 0 Å². The zero-order chi connectivity index (χ0) is 36.4. The molecule has 3 aromatic heterocycles. The Morgan fingerprint density at radius 1 is 0.812 bits per heavy atom. The summed E-state index contributed by atoms with van der Waals surface area (Å²) >= 11 is 0. The lowest BCUT2D eigenvalue weighted by atomic mass is 10.1. The Hall–Kier alpha value is -4.53. The second-order valence-electron chi connectivity index (χ2n) is 10.2. The number of rotatable bonds is 4. The summed E-state index contributed by atoms with van der Waals surface area (Å²) in [5.41, 5.74) is 2.21. The number of pyridine rings is 1. The zero-order valence-corrected chi connectivity index (χ0v) is 24.9. The van der Waals surface area contributed by atoms with Crippen molar-refractivity contribution in [3.63, 3.8) is 0 Å². The van der Waals surface area contributed by atoms with Crippen LogP contribution in [0.15, 0.2) is 47.2 Å². The number of carbonyl (C=O) groups is 3. The maximum atomic E-state index is 10.6. The van der Waals surface area contributed by atoms with E-state index in [1.165, 1.54) is 18.7 Å². The van der Waals surface area contributed by atoms with E-state index in [1.807, 2.05) is 6.07 Å². The van der Waals surface area contributed by atoms with Crippen LogP contribution in [-0.4, -0.2) is 111 Å². The summed E-state index contributed by atoms with van der Waals surface area (Å²) < 4.78 is 103. The molecule has 1 unspecified atom stereocenters. The molecule has 0 aromatic carbocycles. The Balaban J connectivity index is 0.000000313.